The third kappa shape index (κ3) is 5.73. The summed E-state index contributed by atoms with van der Waals surface area (Å²) in [5.41, 5.74) is 0.703. The number of carbonyl (C=O) groups is 1. The zero-order chi connectivity index (χ0) is 20.6. The number of nitro benzene ring substituents is 1. The summed E-state index contributed by atoms with van der Waals surface area (Å²) in [5.74, 6) is 0.777. The van der Waals surface area contributed by atoms with Crippen molar-refractivity contribution in [1.82, 2.24) is 0 Å². The minimum Gasteiger partial charge on any atom is -0.493 e. The van der Waals surface area contributed by atoms with Crippen LogP contribution in [0.2, 0.25) is 0 Å². The number of hydrogen-bond donors (Lipinski definition) is 1. The average molecular weight is 410 g/mol. The van der Waals surface area contributed by atoms with Crippen molar-refractivity contribution in [2.24, 2.45) is 0 Å². The highest BCUT2D eigenvalue weighted by atomic mass is 32.2. The first kappa shape index (κ1) is 20.2. The highest BCUT2D eigenvalue weighted by Crippen LogP contribution is 2.30. The summed E-state index contributed by atoms with van der Waals surface area (Å²) in [6.45, 7) is -0.139. The van der Waals surface area contributed by atoms with E-state index in [-0.39, 0.29) is 18.2 Å². The van der Waals surface area contributed by atoms with Crippen LogP contribution in [0, 0.1) is 10.1 Å². The molecule has 0 radical (unpaired) electrons. The maximum Gasteiger partial charge on any atom is 0.269 e. The molecule has 7 nitrogen and oxygen atoms in total. The maximum atomic E-state index is 12.1. The molecule has 1 amide bonds. The van der Waals surface area contributed by atoms with Gasteiger partial charge < -0.3 is 14.8 Å². The number of non-ortho nitro benzene ring substituents is 1. The molecule has 148 valence electrons. The Hall–Kier alpha value is -3.52. The molecule has 3 rings (SSSR count). The lowest BCUT2D eigenvalue weighted by atomic mass is 10.3. The van der Waals surface area contributed by atoms with Crippen molar-refractivity contribution in [3.63, 3.8) is 0 Å². The van der Waals surface area contributed by atoms with Crippen molar-refractivity contribution >= 4 is 29.0 Å². The van der Waals surface area contributed by atoms with Crippen LogP contribution in [0.5, 0.6) is 11.5 Å². The average Bonchev–Trinajstić information content (AvgIpc) is 2.74. The second-order valence-electron chi connectivity index (χ2n) is 5.87. The van der Waals surface area contributed by atoms with Gasteiger partial charge in [-0.25, -0.2) is 0 Å². The topological polar surface area (TPSA) is 90.7 Å². The van der Waals surface area contributed by atoms with E-state index >= 15 is 0 Å². The minimum absolute atomic E-state index is 0.0581. The molecule has 0 saturated heterocycles. The van der Waals surface area contributed by atoms with Crippen molar-refractivity contribution in [2.45, 2.75) is 9.79 Å². The Bertz CT molecular complexity index is 991. The molecule has 0 bridgehead atoms. The number of rotatable bonds is 8. The normalized spacial score (nSPS) is 10.2. The second-order valence-corrected chi connectivity index (χ2v) is 7.01. The molecule has 0 aliphatic rings. The summed E-state index contributed by atoms with van der Waals surface area (Å²) in [6.07, 6.45) is 0. The van der Waals surface area contributed by atoms with Crippen LogP contribution in [0.3, 0.4) is 0 Å². The molecule has 29 heavy (non-hydrogen) atoms. The molecule has 8 heteroatoms. The lowest BCUT2D eigenvalue weighted by molar-refractivity contribution is -0.384. The predicted molar refractivity (Wildman–Crippen MR) is 111 cm³/mol. The van der Waals surface area contributed by atoms with Gasteiger partial charge in [0.2, 0.25) is 0 Å². The van der Waals surface area contributed by atoms with Crippen LogP contribution < -0.4 is 14.8 Å². The third-order valence-electron chi connectivity index (χ3n) is 3.85. The van der Waals surface area contributed by atoms with Crippen LogP contribution >= 0.6 is 11.8 Å². The van der Waals surface area contributed by atoms with Crippen LogP contribution in [0.25, 0.3) is 0 Å². The van der Waals surface area contributed by atoms with Crippen molar-refractivity contribution in [3.05, 3.63) is 82.9 Å². The quantitative estimate of drug-likeness (QED) is 0.425. The summed E-state index contributed by atoms with van der Waals surface area (Å²) in [6, 6.07) is 20.8. The Labute approximate surface area is 171 Å². The van der Waals surface area contributed by atoms with Crippen LogP contribution in [-0.2, 0) is 4.79 Å². The molecule has 0 atom stereocenters. The zero-order valence-electron chi connectivity index (χ0n) is 15.5. The largest absolute Gasteiger partial charge is 0.493 e. The molecular weight excluding hydrogens is 392 g/mol. The van der Waals surface area contributed by atoms with Crippen LogP contribution in [0.1, 0.15) is 0 Å². The number of anilines is 1. The second kappa shape index (κ2) is 9.61. The van der Waals surface area contributed by atoms with E-state index in [9.17, 15) is 14.9 Å². The van der Waals surface area contributed by atoms with E-state index in [2.05, 4.69) is 5.32 Å². The number of amides is 1. The van der Waals surface area contributed by atoms with E-state index in [1.807, 2.05) is 18.2 Å². The van der Waals surface area contributed by atoms with Gasteiger partial charge >= 0.3 is 0 Å². The number of nitrogens with zero attached hydrogens (tertiary/aromatic N) is 1. The van der Waals surface area contributed by atoms with Crippen molar-refractivity contribution < 1.29 is 19.2 Å². The van der Waals surface area contributed by atoms with Gasteiger partial charge in [0.15, 0.2) is 18.1 Å². The van der Waals surface area contributed by atoms with E-state index in [1.54, 1.807) is 49.6 Å². The summed E-state index contributed by atoms with van der Waals surface area (Å²) in [7, 11) is 1.54. The van der Waals surface area contributed by atoms with Gasteiger partial charge in [0.1, 0.15) is 0 Å². The standard InChI is InChI=1S/C21H18N2O5S/c1-27-19-4-2-3-5-20(19)28-14-21(24)22-15-6-10-17(11-7-15)29-18-12-8-16(9-13-18)23(25)26/h2-13H,14H2,1H3,(H,22,24). The molecule has 3 aromatic carbocycles. The Balaban J connectivity index is 1.53. The molecular formula is C21H18N2O5S. The molecule has 0 saturated carbocycles. The van der Waals surface area contributed by atoms with Crippen molar-refractivity contribution in [2.75, 3.05) is 19.0 Å². The molecule has 0 spiro atoms. The number of nitrogens with one attached hydrogen (secondary N) is 1. The zero-order valence-corrected chi connectivity index (χ0v) is 16.3. The summed E-state index contributed by atoms with van der Waals surface area (Å²) >= 11 is 1.47. The molecule has 0 aliphatic carbocycles. The van der Waals surface area contributed by atoms with E-state index < -0.39 is 4.92 Å². The first-order valence-corrected chi connectivity index (χ1v) is 9.45. The number of nitro groups is 1. The van der Waals surface area contributed by atoms with Gasteiger partial charge in [-0.3, -0.25) is 14.9 Å². The van der Waals surface area contributed by atoms with Gasteiger partial charge in [-0.2, -0.15) is 0 Å². The van der Waals surface area contributed by atoms with Crippen LogP contribution in [0.4, 0.5) is 11.4 Å². The van der Waals surface area contributed by atoms with Gasteiger partial charge in [0.25, 0.3) is 11.6 Å². The first-order valence-electron chi connectivity index (χ1n) is 8.63. The van der Waals surface area contributed by atoms with Crippen LogP contribution in [-0.4, -0.2) is 24.5 Å². The predicted octanol–water partition coefficient (Wildman–Crippen LogP) is 4.77. The molecule has 0 aromatic heterocycles. The van der Waals surface area contributed by atoms with Crippen molar-refractivity contribution in [3.8, 4) is 11.5 Å². The fourth-order valence-electron chi connectivity index (χ4n) is 2.46. The SMILES string of the molecule is COc1ccccc1OCC(=O)Nc1ccc(Sc2ccc([N+](=O)[O-])cc2)cc1. The van der Waals surface area contributed by atoms with Gasteiger partial charge in [-0.15, -0.1) is 0 Å². The van der Waals surface area contributed by atoms with Crippen molar-refractivity contribution in [1.29, 1.82) is 0 Å². The number of methoxy groups -OCH3 is 1. The fraction of sp³-hybridized carbons (Fsp3) is 0.0952. The Morgan fingerprint density at radius 2 is 1.55 bits per heavy atom. The Kier molecular flexibility index (Phi) is 6.70. The summed E-state index contributed by atoms with van der Waals surface area (Å²) in [4.78, 5) is 24.2. The monoisotopic (exact) mass is 410 g/mol. The van der Waals surface area contributed by atoms with Gasteiger partial charge in [0, 0.05) is 27.6 Å². The van der Waals surface area contributed by atoms with E-state index in [0.29, 0.717) is 17.2 Å². The van der Waals surface area contributed by atoms with Gasteiger partial charge in [0.05, 0.1) is 12.0 Å². The van der Waals surface area contributed by atoms with Crippen LogP contribution in [0.15, 0.2) is 82.6 Å². The lowest BCUT2D eigenvalue weighted by Gasteiger charge is -2.10. The maximum absolute atomic E-state index is 12.1. The van der Waals surface area contributed by atoms with E-state index in [4.69, 9.17) is 9.47 Å². The highest BCUT2D eigenvalue weighted by Gasteiger charge is 2.08. The molecule has 1 N–H and O–H groups in total. The Morgan fingerprint density at radius 1 is 0.966 bits per heavy atom. The molecule has 3 aromatic rings. The summed E-state index contributed by atoms with van der Waals surface area (Å²) < 4.78 is 10.7. The number of ether oxygens (including phenoxy) is 2. The number of hydrogen-bond acceptors (Lipinski definition) is 6. The van der Waals surface area contributed by atoms with Gasteiger partial charge in [-0.05, 0) is 48.5 Å². The fourth-order valence-corrected chi connectivity index (χ4v) is 3.27. The Morgan fingerprint density at radius 3 is 2.14 bits per heavy atom. The summed E-state index contributed by atoms with van der Waals surface area (Å²) in [5, 5.41) is 13.5. The number of para-hydroxylation sites is 2. The molecule has 0 unspecified atom stereocenters. The highest BCUT2D eigenvalue weighted by molar-refractivity contribution is 7.99. The molecule has 0 aliphatic heterocycles. The lowest BCUT2D eigenvalue weighted by Crippen LogP contribution is -2.20. The first-order chi connectivity index (χ1) is 14.0. The minimum atomic E-state index is -0.427. The third-order valence-corrected chi connectivity index (χ3v) is 4.86. The van der Waals surface area contributed by atoms with E-state index in [0.717, 1.165) is 9.79 Å². The smallest absolute Gasteiger partial charge is 0.269 e. The number of benzene rings is 3. The van der Waals surface area contributed by atoms with Gasteiger partial charge in [-0.1, -0.05) is 23.9 Å². The molecule has 0 fully saturated rings. The molecule has 0 heterocycles. The number of carbonyl (C=O) groups excluding carboxylic acids is 1. The van der Waals surface area contributed by atoms with E-state index in [1.165, 1.54) is 23.9 Å².